The molecule has 6 heteroatoms. The molecule has 1 amide bonds. The molecule has 0 bridgehead atoms. The molecule has 0 saturated carbocycles. The van der Waals surface area contributed by atoms with Gasteiger partial charge in [0.05, 0.1) is 12.8 Å². The second kappa shape index (κ2) is 7.58. The Kier molecular flexibility index (Phi) is 5.23. The van der Waals surface area contributed by atoms with Crippen LogP contribution < -0.4 is 15.4 Å². The number of benzene rings is 2. The van der Waals surface area contributed by atoms with Crippen molar-refractivity contribution in [1.29, 1.82) is 0 Å². The third kappa shape index (κ3) is 4.03. The summed E-state index contributed by atoms with van der Waals surface area (Å²) < 4.78 is 5.22. The number of carbonyl (C=O) groups is 1. The molecule has 2 N–H and O–H groups in total. The molecule has 0 unspecified atom stereocenters. The van der Waals surface area contributed by atoms with Gasteiger partial charge in [0, 0.05) is 17.4 Å². The second-order valence-electron chi connectivity index (χ2n) is 6.04. The first-order chi connectivity index (χ1) is 12.5. The minimum absolute atomic E-state index is 0.151. The Labute approximate surface area is 157 Å². The van der Waals surface area contributed by atoms with Gasteiger partial charge in [-0.2, -0.15) is 0 Å². The molecule has 0 saturated heterocycles. The van der Waals surface area contributed by atoms with Crippen molar-refractivity contribution in [3.8, 4) is 5.75 Å². The molecule has 2 aromatic carbocycles. The van der Waals surface area contributed by atoms with Crippen LogP contribution in [0.3, 0.4) is 0 Å². The summed E-state index contributed by atoms with van der Waals surface area (Å²) in [5.74, 6) is 0.609. The number of anilines is 3. The summed E-state index contributed by atoms with van der Waals surface area (Å²) in [6.45, 7) is 5.91. The van der Waals surface area contributed by atoms with E-state index in [1.54, 1.807) is 7.11 Å². The standard InChI is InChI=1S/C20H21N3O2S/c1-12-8-9-16(10-13(12)2)22-19(24)18-14(3)21-20(26-18)23-15-6-5-7-17(11-15)25-4/h5-11H,1-4H3,(H,21,23)(H,22,24). The Morgan fingerprint density at radius 3 is 2.58 bits per heavy atom. The molecular weight excluding hydrogens is 346 g/mol. The zero-order valence-electron chi connectivity index (χ0n) is 15.2. The number of ether oxygens (including phenoxy) is 1. The van der Waals surface area contributed by atoms with Gasteiger partial charge in [0.15, 0.2) is 5.13 Å². The lowest BCUT2D eigenvalue weighted by Gasteiger charge is -2.07. The molecule has 5 nitrogen and oxygen atoms in total. The van der Waals surface area contributed by atoms with Crippen molar-refractivity contribution in [2.75, 3.05) is 17.7 Å². The molecule has 0 fully saturated rings. The van der Waals surface area contributed by atoms with Crippen molar-refractivity contribution in [3.63, 3.8) is 0 Å². The van der Waals surface area contributed by atoms with Crippen LogP contribution in [0.5, 0.6) is 5.75 Å². The van der Waals surface area contributed by atoms with E-state index in [1.807, 2.05) is 63.2 Å². The lowest BCUT2D eigenvalue weighted by Crippen LogP contribution is -2.11. The van der Waals surface area contributed by atoms with Crippen LogP contribution in [0.25, 0.3) is 0 Å². The fourth-order valence-electron chi connectivity index (χ4n) is 2.49. The maximum atomic E-state index is 12.6. The minimum Gasteiger partial charge on any atom is -0.497 e. The highest BCUT2D eigenvalue weighted by Crippen LogP contribution is 2.28. The number of thiazole rings is 1. The smallest absolute Gasteiger partial charge is 0.267 e. The highest BCUT2D eigenvalue weighted by atomic mass is 32.1. The van der Waals surface area contributed by atoms with E-state index in [9.17, 15) is 4.79 Å². The van der Waals surface area contributed by atoms with Crippen LogP contribution in [-0.2, 0) is 0 Å². The highest BCUT2D eigenvalue weighted by Gasteiger charge is 2.16. The van der Waals surface area contributed by atoms with Gasteiger partial charge in [-0.25, -0.2) is 4.98 Å². The number of methoxy groups -OCH3 is 1. The van der Waals surface area contributed by atoms with E-state index < -0.39 is 0 Å². The third-order valence-electron chi connectivity index (χ3n) is 4.09. The number of hydrogen-bond acceptors (Lipinski definition) is 5. The quantitative estimate of drug-likeness (QED) is 0.661. The molecule has 0 aliphatic carbocycles. The Hall–Kier alpha value is -2.86. The molecular formula is C20H21N3O2S. The van der Waals surface area contributed by atoms with Crippen molar-refractivity contribution in [3.05, 3.63) is 64.2 Å². The average Bonchev–Trinajstić information content (AvgIpc) is 2.98. The first-order valence-electron chi connectivity index (χ1n) is 8.23. The van der Waals surface area contributed by atoms with Crippen LogP contribution in [0, 0.1) is 20.8 Å². The van der Waals surface area contributed by atoms with Crippen LogP contribution in [0.15, 0.2) is 42.5 Å². The number of aromatic nitrogens is 1. The molecule has 1 heterocycles. The average molecular weight is 367 g/mol. The number of carbonyl (C=O) groups excluding carboxylic acids is 1. The van der Waals surface area contributed by atoms with E-state index in [4.69, 9.17) is 4.74 Å². The molecule has 0 radical (unpaired) electrons. The third-order valence-corrected chi connectivity index (χ3v) is 5.16. The Bertz CT molecular complexity index is 950. The first kappa shape index (κ1) is 17.9. The molecule has 0 aliphatic heterocycles. The Balaban J connectivity index is 1.76. The van der Waals surface area contributed by atoms with Crippen LogP contribution in [0.4, 0.5) is 16.5 Å². The molecule has 0 atom stereocenters. The maximum Gasteiger partial charge on any atom is 0.267 e. The number of nitrogens with one attached hydrogen (secondary N) is 2. The maximum absolute atomic E-state index is 12.6. The van der Waals surface area contributed by atoms with Crippen molar-refractivity contribution in [2.24, 2.45) is 0 Å². The molecule has 3 aromatic rings. The highest BCUT2D eigenvalue weighted by molar-refractivity contribution is 7.17. The SMILES string of the molecule is COc1cccc(Nc2nc(C)c(C(=O)Nc3ccc(C)c(C)c3)s2)c1. The molecule has 1 aromatic heterocycles. The van der Waals surface area contributed by atoms with Crippen LogP contribution in [0.2, 0.25) is 0 Å². The van der Waals surface area contributed by atoms with Gasteiger partial charge in [0.2, 0.25) is 0 Å². The van der Waals surface area contributed by atoms with E-state index >= 15 is 0 Å². The first-order valence-corrected chi connectivity index (χ1v) is 9.05. The largest absolute Gasteiger partial charge is 0.497 e. The number of aryl methyl sites for hydroxylation is 3. The van der Waals surface area contributed by atoms with Crippen molar-refractivity contribution < 1.29 is 9.53 Å². The van der Waals surface area contributed by atoms with Gasteiger partial charge in [-0.15, -0.1) is 0 Å². The monoisotopic (exact) mass is 367 g/mol. The van der Waals surface area contributed by atoms with Gasteiger partial charge in [0.25, 0.3) is 5.91 Å². The number of rotatable bonds is 5. The number of amides is 1. The van der Waals surface area contributed by atoms with E-state index in [0.29, 0.717) is 15.7 Å². The number of nitrogens with zero attached hydrogens (tertiary/aromatic N) is 1. The fraction of sp³-hybridized carbons (Fsp3) is 0.200. The zero-order chi connectivity index (χ0) is 18.7. The molecule has 0 spiro atoms. The lowest BCUT2D eigenvalue weighted by atomic mass is 10.1. The molecule has 134 valence electrons. The minimum atomic E-state index is -0.151. The molecule has 0 aliphatic rings. The van der Waals surface area contributed by atoms with Gasteiger partial charge >= 0.3 is 0 Å². The zero-order valence-corrected chi connectivity index (χ0v) is 16.0. The van der Waals surface area contributed by atoms with Crippen molar-refractivity contribution >= 4 is 33.8 Å². The summed E-state index contributed by atoms with van der Waals surface area (Å²) >= 11 is 1.33. The van der Waals surface area contributed by atoms with Crippen LogP contribution in [0.1, 0.15) is 26.5 Å². The van der Waals surface area contributed by atoms with Crippen LogP contribution in [-0.4, -0.2) is 18.0 Å². The van der Waals surface area contributed by atoms with E-state index in [1.165, 1.54) is 16.9 Å². The van der Waals surface area contributed by atoms with Gasteiger partial charge in [-0.1, -0.05) is 23.5 Å². The van der Waals surface area contributed by atoms with Gasteiger partial charge in [-0.05, 0) is 56.2 Å². The Morgan fingerprint density at radius 2 is 1.85 bits per heavy atom. The van der Waals surface area contributed by atoms with E-state index in [0.717, 1.165) is 22.7 Å². The van der Waals surface area contributed by atoms with Crippen LogP contribution >= 0.6 is 11.3 Å². The predicted octanol–water partition coefficient (Wildman–Crippen LogP) is 5.07. The fourth-order valence-corrected chi connectivity index (χ4v) is 3.37. The normalized spacial score (nSPS) is 10.5. The molecule has 26 heavy (non-hydrogen) atoms. The summed E-state index contributed by atoms with van der Waals surface area (Å²) in [4.78, 5) is 17.7. The summed E-state index contributed by atoms with van der Waals surface area (Å²) in [5.41, 5.74) is 4.68. The predicted molar refractivity (Wildman–Crippen MR) is 107 cm³/mol. The van der Waals surface area contributed by atoms with Gasteiger partial charge < -0.3 is 15.4 Å². The second-order valence-corrected chi connectivity index (χ2v) is 7.04. The topological polar surface area (TPSA) is 63.2 Å². The van der Waals surface area contributed by atoms with Crippen molar-refractivity contribution in [1.82, 2.24) is 4.98 Å². The van der Waals surface area contributed by atoms with E-state index in [2.05, 4.69) is 15.6 Å². The van der Waals surface area contributed by atoms with Gasteiger partial charge in [-0.3, -0.25) is 4.79 Å². The summed E-state index contributed by atoms with van der Waals surface area (Å²) in [6, 6.07) is 13.5. The number of hydrogen-bond donors (Lipinski definition) is 2. The summed E-state index contributed by atoms with van der Waals surface area (Å²) in [5, 5.41) is 6.84. The lowest BCUT2D eigenvalue weighted by molar-refractivity contribution is 0.103. The van der Waals surface area contributed by atoms with E-state index in [-0.39, 0.29) is 5.91 Å². The summed E-state index contributed by atoms with van der Waals surface area (Å²) in [6.07, 6.45) is 0. The van der Waals surface area contributed by atoms with Gasteiger partial charge in [0.1, 0.15) is 10.6 Å². The van der Waals surface area contributed by atoms with Crippen molar-refractivity contribution in [2.45, 2.75) is 20.8 Å². The molecule has 3 rings (SSSR count). The Morgan fingerprint density at radius 1 is 1.04 bits per heavy atom. The summed E-state index contributed by atoms with van der Waals surface area (Å²) in [7, 11) is 1.63.